The van der Waals surface area contributed by atoms with Crippen LogP contribution in [0.15, 0.2) is 24.3 Å². The normalized spacial score (nSPS) is 12.4. The van der Waals surface area contributed by atoms with Gasteiger partial charge in [-0.05, 0) is 32.1 Å². The fourth-order valence-electron chi connectivity index (χ4n) is 1.96. The molecule has 5 heteroatoms. The lowest BCUT2D eigenvalue weighted by Crippen LogP contribution is -2.42. The summed E-state index contributed by atoms with van der Waals surface area (Å²) in [6, 6.07) is 6.37. The van der Waals surface area contributed by atoms with Gasteiger partial charge in [-0.2, -0.15) is 0 Å². The monoisotopic (exact) mass is 281 g/mol. The maximum absolute atomic E-state index is 13.4. The Morgan fingerprint density at radius 3 is 2.55 bits per heavy atom. The molecule has 1 aromatic carbocycles. The van der Waals surface area contributed by atoms with E-state index in [-0.39, 0.29) is 24.2 Å². The van der Waals surface area contributed by atoms with E-state index >= 15 is 0 Å². The number of benzene rings is 1. The highest BCUT2D eigenvalue weighted by molar-refractivity contribution is 5.92. The molecule has 0 saturated heterocycles. The van der Waals surface area contributed by atoms with E-state index < -0.39 is 5.82 Å². The van der Waals surface area contributed by atoms with E-state index in [1.54, 1.807) is 18.2 Å². The Morgan fingerprint density at radius 1 is 1.30 bits per heavy atom. The summed E-state index contributed by atoms with van der Waals surface area (Å²) in [5, 5.41) is 5.70. The molecule has 0 spiro atoms. The van der Waals surface area contributed by atoms with Gasteiger partial charge in [0.1, 0.15) is 5.82 Å². The molecule has 1 rings (SSSR count). The Kier molecular flexibility index (Phi) is 7.18. The zero-order valence-electron chi connectivity index (χ0n) is 12.4. The van der Waals surface area contributed by atoms with Crippen LogP contribution in [0.25, 0.3) is 0 Å². The standard InChI is InChI=1S/C15H24FN3O/c1-4-19(5-2)11-12(3)17-10-15(20)18-14-9-7-6-8-13(14)16/h6-9,12,17H,4-5,10-11H2,1-3H3,(H,18,20). The average molecular weight is 281 g/mol. The van der Waals surface area contributed by atoms with Crippen LogP contribution in [0.1, 0.15) is 20.8 Å². The van der Waals surface area contributed by atoms with Crippen molar-refractivity contribution in [2.75, 3.05) is 31.5 Å². The topological polar surface area (TPSA) is 44.4 Å². The number of para-hydroxylation sites is 1. The van der Waals surface area contributed by atoms with Gasteiger partial charge in [0.2, 0.25) is 5.91 Å². The smallest absolute Gasteiger partial charge is 0.238 e. The van der Waals surface area contributed by atoms with Gasteiger partial charge in [0.25, 0.3) is 0 Å². The van der Waals surface area contributed by atoms with Crippen molar-refractivity contribution in [1.82, 2.24) is 10.2 Å². The van der Waals surface area contributed by atoms with E-state index in [0.29, 0.717) is 0 Å². The first-order valence-corrected chi connectivity index (χ1v) is 7.06. The van der Waals surface area contributed by atoms with Gasteiger partial charge in [0.15, 0.2) is 0 Å². The second-order valence-corrected chi connectivity index (χ2v) is 4.80. The third kappa shape index (κ3) is 5.67. The molecule has 0 fully saturated rings. The number of amides is 1. The van der Waals surface area contributed by atoms with E-state index in [4.69, 9.17) is 0 Å². The molecule has 1 atom stereocenters. The quantitative estimate of drug-likeness (QED) is 0.767. The lowest BCUT2D eigenvalue weighted by Gasteiger charge is -2.23. The summed E-state index contributed by atoms with van der Waals surface area (Å²) in [6.45, 7) is 9.31. The highest BCUT2D eigenvalue weighted by Crippen LogP contribution is 2.11. The predicted molar refractivity (Wildman–Crippen MR) is 80.3 cm³/mol. The summed E-state index contributed by atoms with van der Waals surface area (Å²) in [4.78, 5) is 14.0. The number of nitrogens with one attached hydrogen (secondary N) is 2. The van der Waals surface area contributed by atoms with Crippen molar-refractivity contribution in [3.05, 3.63) is 30.1 Å². The van der Waals surface area contributed by atoms with Gasteiger partial charge in [-0.25, -0.2) is 4.39 Å². The summed E-state index contributed by atoms with van der Waals surface area (Å²) in [6.07, 6.45) is 0. The minimum Gasteiger partial charge on any atom is -0.322 e. The summed E-state index contributed by atoms with van der Waals surface area (Å²) in [5.74, 6) is -0.654. The molecule has 0 radical (unpaired) electrons. The summed E-state index contributed by atoms with van der Waals surface area (Å²) in [5.41, 5.74) is 0.218. The number of hydrogen-bond acceptors (Lipinski definition) is 3. The van der Waals surface area contributed by atoms with Crippen LogP contribution in [0.3, 0.4) is 0 Å². The molecule has 0 bridgehead atoms. The van der Waals surface area contributed by atoms with Crippen molar-refractivity contribution >= 4 is 11.6 Å². The largest absolute Gasteiger partial charge is 0.322 e. The number of likely N-dealkylation sites (N-methyl/N-ethyl adjacent to an activating group) is 1. The minimum atomic E-state index is -0.419. The van der Waals surface area contributed by atoms with Crippen LogP contribution < -0.4 is 10.6 Å². The second kappa shape index (κ2) is 8.66. The molecule has 1 unspecified atom stereocenters. The van der Waals surface area contributed by atoms with Crippen molar-refractivity contribution in [2.45, 2.75) is 26.8 Å². The van der Waals surface area contributed by atoms with Gasteiger partial charge in [-0.3, -0.25) is 4.79 Å². The van der Waals surface area contributed by atoms with Crippen LogP contribution in [0.2, 0.25) is 0 Å². The molecule has 112 valence electrons. The Hall–Kier alpha value is -1.46. The number of anilines is 1. The molecular formula is C15H24FN3O. The fraction of sp³-hybridized carbons (Fsp3) is 0.533. The molecule has 0 aliphatic heterocycles. The zero-order chi connectivity index (χ0) is 15.0. The van der Waals surface area contributed by atoms with Crippen molar-refractivity contribution < 1.29 is 9.18 Å². The third-order valence-electron chi connectivity index (χ3n) is 3.19. The Balaban J connectivity index is 2.35. The van der Waals surface area contributed by atoms with Crippen LogP contribution in [-0.4, -0.2) is 43.0 Å². The average Bonchev–Trinajstić information content (AvgIpc) is 2.45. The number of rotatable bonds is 8. The first-order chi connectivity index (χ1) is 9.56. The van der Waals surface area contributed by atoms with Gasteiger partial charge < -0.3 is 15.5 Å². The number of carbonyl (C=O) groups excluding carboxylic acids is 1. The minimum absolute atomic E-state index is 0.177. The van der Waals surface area contributed by atoms with E-state index in [9.17, 15) is 9.18 Å². The van der Waals surface area contributed by atoms with Gasteiger partial charge in [0.05, 0.1) is 12.2 Å². The third-order valence-corrected chi connectivity index (χ3v) is 3.19. The lowest BCUT2D eigenvalue weighted by atomic mass is 10.3. The summed E-state index contributed by atoms with van der Waals surface area (Å²) in [7, 11) is 0. The molecule has 0 aliphatic rings. The molecule has 4 nitrogen and oxygen atoms in total. The van der Waals surface area contributed by atoms with Gasteiger partial charge in [-0.1, -0.05) is 26.0 Å². The van der Waals surface area contributed by atoms with Gasteiger partial charge in [-0.15, -0.1) is 0 Å². The zero-order valence-corrected chi connectivity index (χ0v) is 12.4. The van der Waals surface area contributed by atoms with Crippen LogP contribution in [-0.2, 0) is 4.79 Å². The molecule has 0 aliphatic carbocycles. The highest BCUT2D eigenvalue weighted by Gasteiger charge is 2.10. The lowest BCUT2D eigenvalue weighted by molar-refractivity contribution is -0.115. The SMILES string of the molecule is CCN(CC)CC(C)NCC(=O)Nc1ccccc1F. The molecule has 0 heterocycles. The number of halogens is 1. The summed E-state index contributed by atoms with van der Waals surface area (Å²) < 4.78 is 13.4. The maximum Gasteiger partial charge on any atom is 0.238 e. The second-order valence-electron chi connectivity index (χ2n) is 4.80. The van der Waals surface area contributed by atoms with Gasteiger partial charge in [0, 0.05) is 12.6 Å². The van der Waals surface area contributed by atoms with Crippen LogP contribution in [0.5, 0.6) is 0 Å². The molecule has 0 aromatic heterocycles. The van der Waals surface area contributed by atoms with Crippen LogP contribution in [0, 0.1) is 5.82 Å². The number of nitrogens with zero attached hydrogens (tertiary/aromatic N) is 1. The Bertz CT molecular complexity index is 421. The molecular weight excluding hydrogens is 257 g/mol. The molecule has 1 aromatic rings. The Labute approximate surface area is 120 Å². The van der Waals surface area contributed by atoms with Crippen molar-refractivity contribution in [3.63, 3.8) is 0 Å². The molecule has 0 saturated carbocycles. The first-order valence-electron chi connectivity index (χ1n) is 7.06. The van der Waals surface area contributed by atoms with Gasteiger partial charge >= 0.3 is 0 Å². The summed E-state index contributed by atoms with van der Waals surface area (Å²) >= 11 is 0. The van der Waals surface area contributed by atoms with Crippen LogP contribution in [0.4, 0.5) is 10.1 Å². The molecule has 2 N–H and O–H groups in total. The van der Waals surface area contributed by atoms with E-state index in [2.05, 4.69) is 29.4 Å². The number of carbonyl (C=O) groups is 1. The first kappa shape index (κ1) is 16.6. The predicted octanol–water partition coefficient (Wildman–Crippen LogP) is 2.08. The fourth-order valence-corrected chi connectivity index (χ4v) is 1.96. The van der Waals surface area contributed by atoms with Crippen molar-refractivity contribution in [3.8, 4) is 0 Å². The Morgan fingerprint density at radius 2 is 1.95 bits per heavy atom. The van der Waals surface area contributed by atoms with Crippen molar-refractivity contribution in [1.29, 1.82) is 0 Å². The maximum atomic E-state index is 13.4. The van der Waals surface area contributed by atoms with E-state index in [1.807, 2.05) is 6.92 Å². The van der Waals surface area contributed by atoms with E-state index in [0.717, 1.165) is 19.6 Å². The highest BCUT2D eigenvalue weighted by atomic mass is 19.1. The van der Waals surface area contributed by atoms with Crippen LogP contribution >= 0.6 is 0 Å². The van der Waals surface area contributed by atoms with E-state index in [1.165, 1.54) is 6.07 Å². The molecule has 20 heavy (non-hydrogen) atoms. The number of hydrogen-bond donors (Lipinski definition) is 2. The molecule has 1 amide bonds. The van der Waals surface area contributed by atoms with Crippen molar-refractivity contribution in [2.24, 2.45) is 0 Å².